The zero-order chi connectivity index (χ0) is 15.2. The Morgan fingerprint density at radius 1 is 1.24 bits per heavy atom. The van der Waals surface area contributed by atoms with Crippen LogP contribution in [0.4, 0.5) is 5.69 Å². The average Bonchev–Trinajstić information content (AvgIpc) is 2.94. The summed E-state index contributed by atoms with van der Waals surface area (Å²) in [5.41, 5.74) is 1.05. The van der Waals surface area contributed by atoms with Crippen LogP contribution in [0.5, 0.6) is 11.5 Å². The molecule has 0 bridgehead atoms. The van der Waals surface area contributed by atoms with Gasteiger partial charge in [-0.15, -0.1) is 0 Å². The summed E-state index contributed by atoms with van der Waals surface area (Å²) in [6.07, 6.45) is 2.39. The highest BCUT2D eigenvalue weighted by molar-refractivity contribution is 5.91. The van der Waals surface area contributed by atoms with E-state index in [9.17, 15) is 9.59 Å². The molecule has 0 saturated heterocycles. The maximum absolute atomic E-state index is 12.0. The number of nitrogens with zero attached hydrogens (tertiary/aromatic N) is 1. The van der Waals surface area contributed by atoms with Gasteiger partial charge < -0.3 is 19.4 Å². The fourth-order valence-corrected chi connectivity index (χ4v) is 1.95. The number of ether oxygens (including phenoxy) is 2. The van der Waals surface area contributed by atoms with Gasteiger partial charge in [-0.2, -0.15) is 0 Å². The minimum absolute atomic E-state index is 0.0649. The second-order valence-electron chi connectivity index (χ2n) is 4.30. The van der Waals surface area contributed by atoms with E-state index in [2.05, 4.69) is 5.32 Å². The summed E-state index contributed by atoms with van der Waals surface area (Å²) in [6.45, 7) is 0.0649. The molecular weight excluding hydrogens is 272 g/mol. The van der Waals surface area contributed by atoms with E-state index >= 15 is 0 Å². The lowest BCUT2D eigenvalue weighted by atomic mass is 10.2. The van der Waals surface area contributed by atoms with Crippen molar-refractivity contribution in [3.05, 3.63) is 42.2 Å². The molecule has 6 nitrogen and oxygen atoms in total. The minimum Gasteiger partial charge on any atom is -0.493 e. The molecule has 6 heteroatoms. The fraction of sp³-hybridized carbons (Fsp3) is 0.200. The van der Waals surface area contributed by atoms with Gasteiger partial charge in [-0.3, -0.25) is 9.59 Å². The van der Waals surface area contributed by atoms with Crippen LogP contribution in [0.3, 0.4) is 0 Å². The van der Waals surface area contributed by atoms with Gasteiger partial charge in [-0.05, 0) is 24.3 Å². The SMILES string of the molecule is COc1ccc(NC(=O)Cn2cccc2C=O)cc1OC. The highest BCUT2D eigenvalue weighted by Crippen LogP contribution is 2.29. The number of nitrogens with one attached hydrogen (secondary N) is 1. The lowest BCUT2D eigenvalue weighted by Crippen LogP contribution is -2.19. The number of hydrogen-bond donors (Lipinski definition) is 1. The molecule has 0 unspecified atom stereocenters. The molecule has 0 aliphatic heterocycles. The van der Waals surface area contributed by atoms with Crippen molar-refractivity contribution in [3.8, 4) is 11.5 Å². The molecule has 0 radical (unpaired) electrons. The van der Waals surface area contributed by atoms with Gasteiger partial charge >= 0.3 is 0 Å². The van der Waals surface area contributed by atoms with Gasteiger partial charge in [0.05, 0.1) is 19.9 Å². The Hall–Kier alpha value is -2.76. The molecule has 1 aromatic carbocycles. The summed E-state index contributed by atoms with van der Waals surface area (Å²) in [5, 5.41) is 2.75. The first-order chi connectivity index (χ1) is 10.2. The number of aromatic nitrogens is 1. The smallest absolute Gasteiger partial charge is 0.244 e. The Labute approximate surface area is 122 Å². The summed E-state index contributed by atoms with van der Waals surface area (Å²) in [5.74, 6) is 0.885. The van der Waals surface area contributed by atoms with Crippen molar-refractivity contribution in [3.63, 3.8) is 0 Å². The third-order valence-electron chi connectivity index (χ3n) is 2.97. The predicted octanol–water partition coefficient (Wildman–Crippen LogP) is 1.96. The second-order valence-corrected chi connectivity index (χ2v) is 4.30. The molecule has 0 saturated carbocycles. The van der Waals surface area contributed by atoms with Gasteiger partial charge in [0.2, 0.25) is 5.91 Å². The van der Waals surface area contributed by atoms with Crippen molar-refractivity contribution >= 4 is 17.9 Å². The molecule has 1 amide bonds. The molecule has 0 aliphatic carbocycles. The molecule has 2 aromatic rings. The van der Waals surface area contributed by atoms with Crippen LogP contribution in [-0.2, 0) is 11.3 Å². The molecule has 110 valence electrons. The third-order valence-corrected chi connectivity index (χ3v) is 2.97. The Morgan fingerprint density at radius 2 is 2.00 bits per heavy atom. The molecule has 1 aromatic heterocycles. The van der Waals surface area contributed by atoms with Crippen molar-refractivity contribution in [2.45, 2.75) is 6.54 Å². The summed E-state index contributed by atoms with van der Waals surface area (Å²) < 4.78 is 11.9. The molecule has 0 aliphatic rings. The molecule has 21 heavy (non-hydrogen) atoms. The van der Waals surface area contributed by atoms with Gasteiger partial charge in [0.1, 0.15) is 6.54 Å². The number of amides is 1. The first-order valence-electron chi connectivity index (χ1n) is 6.30. The lowest BCUT2D eigenvalue weighted by molar-refractivity contribution is -0.116. The van der Waals surface area contributed by atoms with Gasteiger partial charge in [0.15, 0.2) is 17.8 Å². The van der Waals surface area contributed by atoms with Crippen molar-refractivity contribution in [1.82, 2.24) is 4.57 Å². The molecule has 0 spiro atoms. The number of anilines is 1. The zero-order valence-corrected chi connectivity index (χ0v) is 11.8. The number of carbonyl (C=O) groups excluding carboxylic acids is 2. The summed E-state index contributed by atoms with van der Waals surface area (Å²) >= 11 is 0. The molecular formula is C15H16N2O4. The van der Waals surface area contributed by atoms with Crippen LogP contribution in [0.25, 0.3) is 0 Å². The predicted molar refractivity (Wildman–Crippen MR) is 78.0 cm³/mol. The topological polar surface area (TPSA) is 69.6 Å². The van der Waals surface area contributed by atoms with Crippen LogP contribution in [0.2, 0.25) is 0 Å². The van der Waals surface area contributed by atoms with Gasteiger partial charge in [0, 0.05) is 18.0 Å². The maximum atomic E-state index is 12.0. The first kappa shape index (κ1) is 14.6. The number of methoxy groups -OCH3 is 2. The van der Waals surface area contributed by atoms with E-state index in [1.807, 2.05) is 0 Å². The molecule has 1 N–H and O–H groups in total. The fourth-order valence-electron chi connectivity index (χ4n) is 1.95. The van der Waals surface area contributed by atoms with Crippen LogP contribution in [-0.4, -0.2) is 31.0 Å². The van der Waals surface area contributed by atoms with E-state index < -0.39 is 0 Å². The molecule has 1 heterocycles. The lowest BCUT2D eigenvalue weighted by Gasteiger charge is -2.11. The van der Waals surface area contributed by atoms with E-state index in [-0.39, 0.29) is 12.5 Å². The minimum atomic E-state index is -0.235. The van der Waals surface area contributed by atoms with Crippen LogP contribution in [0.15, 0.2) is 36.5 Å². The van der Waals surface area contributed by atoms with E-state index in [1.165, 1.54) is 7.11 Å². The Morgan fingerprint density at radius 3 is 2.67 bits per heavy atom. The third kappa shape index (κ3) is 3.42. The standard InChI is InChI=1S/C15H16N2O4/c1-20-13-6-5-11(8-14(13)21-2)16-15(19)9-17-7-3-4-12(17)10-18/h3-8,10H,9H2,1-2H3,(H,16,19). The zero-order valence-electron chi connectivity index (χ0n) is 11.8. The number of rotatable bonds is 6. The van der Waals surface area contributed by atoms with Crippen LogP contribution in [0.1, 0.15) is 10.5 Å². The second kappa shape index (κ2) is 6.60. The normalized spacial score (nSPS) is 10.0. The van der Waals surface area contributed by atoms with E-state index in [4.69, 9.17) is 9.47 Å². The van der Waals surface area contributed by atoms with Gasteiger partial charge in [-0.1, -0.05) is 0 Å². The Kier molecular flexibility index (Phi) is 4.61. The quantitative estimate of drug-likeness (QED) is 0.825. The highest BCUT2D eigenvalue weighted by Gasteiger charge is 2.09. The van der Waals surface area contributed by atoms with E-state index in [0.29, 0.717) is 29.2 Å². The number of benzene rings is 1. The van der Waals surface area contributed by atoms with Gasteiger partial charge in [0.25, 0.3) is 0 Å². The summed E-state index contributed by atoms with van der Waals surface area (Å²) in [4.78, 5) is 22.8. The Bertz CT molecular complexity index is 649. The first-order valence-corrected chi connectivity index (χ1v) is 6.30. The van der Waals surface area contributed by atoms with Crippen LogP contribution < -0.4 is 14.8 Å². The molecule has 0 atom stereocenters. The molecule has 2 rings (SSSR count). The van der Waals surface area contributed by atoms with Crippen LogP contribution in [0, 0.1) is 0 Å². The van der Waals surface area contributed by atoms with E-state index in [0.717, 1.165) is 0 Å². The number of hydrogen-bond acceptors (Lipinski definition) is 4. The van der Waals surface area contributed by atoms with Gasteiger partial charge in [-0.25, -0.2) is 0 Å². The largest absolute Gasteiger partial charge is 0.493 e. The summed E-state index contributed by atoms with van der Waals surface area (Å²) in [6, 6.07) is 8.47. The number of aldehydes is 1. The number of carbonyl (C=O) groups is 2. The van der Waals surface area contributed by atoms with E-state index in [1.54, 1.807) is 48.2 Å². The maximum Gasteiger partial charge on any atom is 0.244 e. The van der Waals surface area contributed by atoms with Crippen molar-refractivity contribution in [1.29, 1.82) is 0 Å². The monoisotopic (exact) mass is 288 g/mol. The molecule has 0 fully saturated rings. The van der Waals surface area contributed by atoms with Crippen molar-refractivity contribution in [2.75, 3.05) is 19.5 Å². The van der Waals surface area contributed by atoms with Crippen LogP contribution >= 0.6 is 0 Å². The summed E-state index contributed by atoms with van der Waals surface area (Å²) in [7, 11) is 3.07. The van der Waals surface area contributed by atoms with Crippen molar-refractivity contribution < 1.29 is 19.1 Å². The van der Waals surface area contributed by atoms with Crippen molar-refractivity contribution in [2.24, 2.45) is 0 Å². The average molecular weight is 288 g/mol. The highest BCUT2D eigenvalue weighted by atomic mass is 16.5. The Balaban J connectivity index is 2.07.